The largest absolute Gasteiger partial charge is 0.365 e. The third-order valence-electron chi connectivity index (χ3n) is 4.07. The number of aryl methyl sites for hydroxylation is 2. The lowest BCUT2D eigenvalue weighted by molar-refractivity contribution is 0.925. The van der Waals surface area contributed by atoms with Gasteiger partial charge in [0.25, 0.3) is 5.56 Å². The van der Waals surface area contributed by atoms with E-state index in [1.165, 1.54) is 5.56 Å². The molecule has 5 heteroatoms. The van der Waals surface area contributed by atoms with Crippen LogP contribution in [0.4, 0.5) is 5.82 Å². The summed E-state index contributed by atoms with van der Waals surface area (Å²) in [6, 6.07) is 13.7. The van der Waals surface area contributed by atoms with E-state index in [9.17, 15) is 4.79 Å². The van der Waals surface area contributed by atoms with E-state index in [2.05, 4.69) is 16.4 Å². The zero-order chi connectivity index (χ0) is 17.8. The molecule has 0 radical (unpaired) electrons. The van der Waals surface area contributed by atoms with Crippen LogP contribution < -0.4 is 10.9 Å². The van der Waals surface area contributed by atoms with Crippen molar-refractivity contribution in [1.29, 1.82) is 0 Å². The van der Waals surface area contributed by atoms with Crippen LogP contribution in [0.5, 0.6) is 0 Å². The first-order valence-corrected chi connectivity index (χ1v) is 8.56. The van der Waals surface area contributed by atoms with E-state index in [-0.39, 0.29) is 5.56 Å². The monoisotopic (exact) mass is 353 g/mol. The van der Waals surface area contributed by atoms with Gasteiger partial charge in [0.05, 0.1) is 5.69 Å². The van der Waals surface area contributed by atoms with Gasteiger partial charge in [0, 0.05) is 24.0 Å². The van der Waals surface area contributed by atoms with Crippen molar-refractivity contribution in [3.8, 4) is 5.69 Å². The van der Waals surface area contributed by atoms with E-state index in [1.807, 2.05) is 50.2 Å². The minimum atomic E-state index is -0.148. The first-order valence-electron chi connectivity index (χ1n) is 8.18. The Kier molecular flexibility index (Phi) is 5.19. The third kappa shape index (κ3) is 4.09. The summed E-state index contributed by atoms with van der Waals surface area (Å²) in [4.78, 5) is 16.9. The van der Waals surface area contributed by atoms with Gasteiger partial charge in [-0.25, -0.2) is 4.98 Å². The minimum Gasteiger partial charge on any atom is -0.365 e. The number of benzene rings is 2. The van der Waals surface area contributed by atoms with Gasteiger partial charge < -0.3 is 5.32 Å². The predicted octanol–water partition coefficient (Wildman–Crippen LogP) is 4.16. The van der Waals surface area contributed by atoms with Crippen molar-refractivity contribution in [3.05, 3.63) is 86.9 Å². The normalized spacial score (nSPS) is 10.7. The lowest BCUT2D eigenvalue weighted by Gasteiger charge is -2.12. The van der Waals surface area contributed by atoms with Crippen molar-refractivity contribution in [3.63, 3.8) is 0 Å². The van der Waals surface area contributed by atoms with E-state index in [4.69, 9.17) is 11.6 Å². The summed E-state index contributed by atoms with van der Waals surface area (Å²) in [7, 11) is 0. The molecule has 4 nitrogen and oxygen atoms in total. The van der Waals surface area contributed by atoms with Gasteiger partial charge in [-0.3, -0.25) is 9.36 Å². The lowest BCUT2D eigenvalue weighted by atomic mass is 10.1. The zero-order valence-corrected chi connectivity index (χ0v) is 15.0. The van der Waals surface area contributed by atoms with Gasteiger partial charge in [0.2, 0.25) is 0 Å². The topological polar surface area (TPSA) is 46.9 Å². The van der Waals surface area contributed by atoms with Gasteiger partial charge in [0.15, 0.2) is 5.82 Å². The molecule has 0 unspecified atom stereocenters. The molecule has 3 aromatic rings. The van der Waals surface area contributed by atoms with Crippen LogP contribution in [0, 0.1) is 13.8 Å². The Morgan fingerprint density at radius 2 is 1.88 bits per heavy atom. The van der Waals surface area contributed by atoms with Gasteiger partial charge in [-0.05, 0) is 49.6 Å². The molecule has 0 saturated carbocycles. The molecule has 0 saturated heterocycles. The minimum absolute atomic E-state index is 0.148. The Labute approximate surface area is 152 Å². The SMILES string of the molecule is Cc1ccc(-n2ccnc(NCCc3ccc(Cl)cc3)c2=O)c(C)c1. The van der Waals surface area contributed by atoms with E-state index < -0.39 is 0 Å². The summed E-state index contributed by atoms with van der Waals surface area (Å²) in [5.74, 6) is 0.358. The van der Waals surface area contributed by atoms with Crippen LogP contribution in [0.25, 0.3) is 5.69 Å². The first kappa shape index (κ1) is 17.2. The van der Waals surface area contributed by atoms with Crippen molar-refractivity contribution < 1.29 is 0 Å². The quantitative estimate of drug-likeness (QED) is 0.749. The fraction of sp³-hybridized carbons (Fsp3) is 0.200. The lowest BCUT2D eigenvalue weighted by Crippen LogP contribution is -2.24. The van der Waals surface area contributed by atoms with E-state index in [0.29, 0.717) is 12.4 Å². The van der Waals surface area contributed by atoms with Crippen LogP contribution in [-0.2, 0) is 6.42 Å². The van der Waals surface area contributed by atoms with Gasteiger partial charge in [-0.1, -0.05) is 41.4 Å². The Hall–Kier alpha value is -2.59. The second kappa shape index (κ2) is 7.53. The molecule has 0 amide bonds. The van der Waals surface area contributed by atoms with Gasteiger partial charge in [-0.2, -0.15) is 0 Å². The molecular weight excluding hydrogens is 334 g/mol. The van der Waals surface area contributed by atoms with Crippen molar-refractivity contribution in [2.45, 2.75) is 20.3 Å². The second-order valence-corrected chi connectivity index (χ2v) is 6.48. The molecule has 0 bridgehead atoms. The molecule has 1 N–H and O–H groups in total. The number of nitrogens with zero attached hydrogens (tertiary/aromatic N) is 2. The maximum absolute atomic E-state index is 12.7. The van der Waals surface area contributed by atoms with E-state index in [0.717, 1.165) is 28.3 Å². The molecule has 1 heterocycles. The number of rotatable bonds is 5. The predicted molar refractivity (Wildman–Crippen MR) is 103 cm³/mol. The Morgan fingerprint density at radius 3 is 2.60 bits per heavy atom. The first-order chi connectivity index (χ1) is 12.0. The van der Waals surface area contributed by atoms with Gasteiger partial charge in [0.1, 0.15) is 0 Å². The summed E-state index contributed by atoms with van der Waals surface area (Å²) >= 11 is 5.89. The number of nitrogens with one attached hydrogen (secondary N) is 1. The summed E-state index contributed by atoms with van der Waals surface area (Å²) in [5.41, 5.74) is 4.11. The number of halogens is 1. The molecule has 0 aliphatic heterocycles. The molecule has 0 spiro atoms. The van der Waals surface area contributed by atoms with Crippen LogP contribution in [-0.4, -0.2) is 16.1 Å². The highest BCUT2D eigenvalue weighted by atomic mass is 35.5. The smallest absolute Gasteiger partial charge is 0.297 e. The van der Waals surface area contributed by atoms with Gasteiger partial charge in [-0.15, -0.1) is 0 Å². The molecule has 2 aromatic carbocycles. The highest BCUT2D eigenvalue weighted by Crippen LogP contribution is 2.14. The van der Waals surface area contributed by atoms with Crippen LogP contribution in [0.15, 0.2) is 59.7 Å². The van der Waals surface area contributed by atoms with Crippen molar-refractivity contribution >= 4 is 17.4 Å². The Bertz CT molecular complexity index is 932. The maximum Gasteiger partial charge on any atom is 0.297 e. The highest BCUT2D eigenvalue weighted by molar-refractivity contribution is 6.30. The molecule has 0 aliphatic carbocycles. The molecule has 0 aliphatic rings. The average molecular weight is 354 g/mol. The average Bonchev–Trinajstić information content (AvgIpc) is 2.59. The number of aromatic nitrogens is 2. The fourth-order valence-corrected chi connectivity index (χ4v) is 2.90. The zero-order valence-electron chi connectivity index (χ0n) is 14.3. The molecule has 128 valence electrons. The van der Waals surface area contributed by atoms with Crippen molar-refractivity contribution in [1.82, 2.24) is 9.55 Å². The van der Waals surface area contributed by atoms with E-state index >= 15 is 0 Å². The Balaban J connectivity index is 1.77. The van der Waals surface area contributed by atoms with Crippen molar-refractivity contribution in [2.75, 3.05) is 11.9 Å². The molecule has 25 heavy (non-hydrogen) atoms. The van der Waals surface area contributed by atoms with Crippen LogP contribution in [0.3, 0.4) is 0 Å². The van der Waals surface area contributed by atoms with Crippen LogP contribution >= 0.6 is 11.6 Å². The molecule has 3 rings (SSSR count). The second-order valence-electron chi connectivity index (χ2n) is 6.04. The maximum atomic E-state index is 12.7. The number of anilines is 1. The highest BCUT2D eigenvalue weighted by Gasteiger charge is 2.08. The Morgan fingerprint density at radius 1 is 1.12 bits per heavy atom. The molecule has 0 fully saturated rings. The summed E-state index contributed by atoms with van der Waals surface area (Å²) in [6.07, 6.45) is 4.13. The number of hydrogen-bond acceptors (Lipinski definition) is 3. The van der Waals surface area contributed by atoms with Crippen LogP contribution in [0.1, 0.15) is 16.7 Å². The summed E-state index contributed by atoms with van der Waals surface area (Å²) in [5, 5.41) is 3.86. The third-order valence-corrected chi connectivity index (χ3v) is 4.32. The van der Waals surface area contributed by atoms with Crippen molar-refractivity contribution in [2.24, 2.45) is 0 Å². The molecule has 0 atom stereocenters. The molecule has 1 aromatic heterocycles. The van der Waals surface area contributed by atoms with Crippen LogP contribution in [0.2, 0.25) is 5.02 Å². The number of hydrogen-bond donors (Lipinski definition) is 1. The van der Waals surface area contributed by atoms with Gasteiger partial charge >= 0.3 is 0 Å². The standard InChI is InChI=1S/C20H20ClN3O/c1-14-3-8-18(15(2)13-14)24-12-11-23-19(20(24)25)22-10-9-16-4-6-17(21)7-5-16/h3-8,11-13H,9-10H2,1-2H3,(H,22,23). The summed E-state index contributed by atoms with van der Waals surface area (Å²) in [6.45, 7) is 4.67. The molecular formula is C20H20ClN3O. The summed E-state index contributed by atoms with van der Waals surface area (Å²) < 4.78 is 1.63. The van der Waals surface area contributed by atoms with E-state index in [1.54, 1.807) is 17.0 Å². The fourth-order valence-electron chi connectivity index (χ4n) is 2.77.